The lowest BCUT2D eigenvalue weighted by molar-refractivity contribution is -0.0131. The van der Waals surface area contributed by atoms with Crippen LogP contribution in [0.25, 0.3) is 0 Å². The number of hydrogen-bond donors (Lipinski definition) is 0. The second-order valence-electron chi connectivity index (χ2n) is 9.59. The first-order valence-corrected chi connectivity index (χ1v) is 13.2. The van der Waals surface area contributed by atoms with Crippen LogP contribution in [-0.4, -0.2) is 49.3 Å². The van der Waals surface area contributed by atoms with Gasteiger partial charge in [-0.05, 0) is 82.9 Å². The average molecular weight is 472 g/mol. The molecule has 2 aromatic rings. The molecule has 0 saturated carbocycles. The molecule has 1 atom stereocenters. The highest BCUT2D eigenvalue weighted by Gasteiger charge is 2.53. The van der Waals surface area contributed by atoms with Crippen LogP contribution in [-0.2, 0) is 14.6 Å². The molecule has 0 N–H and O–H groups in total. The number of rotatable bonds is 5. The van der Waals surface area contributed by atoms with Gasteiger partial charge >= 0.3 is 0 Å². The van der Waals surface area contributed by atoms with E-state index in [0.29, 0.717) is 42.8 Å². The number of benzene rings is 2. The van der Waals surface area contributed by atoms with Gasteiger partial charge in [-0.1, -0.05) is 18.2 Å². The molecule has 1 spiro atoms. The van der Waals surface area contributed by atoms with E-state index in [1.165, 1.54) is 0 Å². The van der Waals surface area contributed by atoms with Crippen LogP contribution in [0.2, 0.25) is 0 Å². The topological polar surface area (TPSA) is 72.9 Å². The van der Waals surface area contributed by atoms with Gasteiger partial charge in [-0.15, -0.1) is 0 Å². The van der Waals surface area contributed by atoms with Gasteiger partial charge in [0.05, 0.1) is 28.0 Å². The van der Waals surface area contributed by atoms with E-state index >= 15 is 0 Å². The molecule has 2 aliphatic heterocycles. The SMILES string of the molecule is CC(C)Oc1ccc(C(=O)N2CCC3(CC2)CC(OC(C)C)c2ccccc2S3(=O)=O)cc1. The molecule has 2 heterocycles. The predicted molar refractivity (Wildman–Crippen MR) is 127 cm³/mol. The number of piperidine rings is 1. The predicted octanol–water partition coefficient (Wildman–Crippen LogP) is 4.79. The Labute approximate surface area is 196 Å². The van der Waals surface area contributed by atoms with Crippen LogP contribution < -0.4 is 4.74 Å². The maximum Gasteiger partial charge on any atom is 0.253 e. The number of sulfone groups is 1. The van der Waals surface area contributed by atoms with Crippen LogP contribution in [0, 0.1) is 0 Å². The van der Waals surface area contributed by atoms with Gasteiger partial charge in [0.1, 0.15) is 5.75 Å². The zero-order valence-electron chi connectivity index (χ0n) is 19.8. The van der Waals surface area contributed by atoms with Gasteiger partial charge in [0.25, 0.3) is 5.91 Å². The number of amides is 1. The molecule has 0 bridgehead atoms. The smallest absolute Gasteiger partial charge is 0.253 e. The quantitative estimate of drug-likeness (QED) is 0.627. The zero-order chi connectivity index (χ0) is 23.8. The van der Waals surface area contributed by atoms with Gasteiger partial charge in [0.2, 0.25) is 0 Å². The summed E-state index contributed by atoms with van der Waals surface area (Å²) in [5.74, 6) is 0.645. The lowest BCUT2D eigenvalue weighted by Crippen LogP contribution is -2.53. The highest BCUT2D eigenvalue weighted by Crippen LogP contribution is 2.49. The summed E-state index contributed by atoms with van der Waals surface area (Å²) in [6.45, 7) is 8.65. The van der Waals surface area contributed by atoms with Crippen LogP contribution in [0.15, 0.2) is 53.4 Å². The average Bonchev–Trinajstić information content (AvgIpc) is 2.78. The molecule has 1 saturated heterocycles. The van der Waals surface area contributed by atoms with Crippen LogP contribution in [0.3, 0.4) is 0 Å². The number of nitrogens with zero attached hydrogens (tertiary/aromatic N) is 1. The lowest BCUT2D eigenvalue weighted by atomic mass is 9.86. The fourth-order valence-corrected chi connectivity index (χ4v) is 7.28. The van der Waals surface area contributed by atoms with Crippen molar-refractivity contribution in [2.24, 2.45) is 0 Å². The molecule has 0 radical (unpaired) electrons. The van der Waals surface area contributed by atoms with Crippen molar-refractivity contribution in [3.63, 3.8) is 0 Å². The number of carbonyl (C=O) groups is 1. The molecule has 1 unspecified atom stereocenters. The minimum absolute atomic E-state index is 0.00905. The Morgan fingerprint density at radius 3 is 2.21 bits per heavy atom. The number of carbonyl (C=O) groups excluding carboxylic acids is 1. The van der Waals surface area contributed by atoms with Gasteiger partial charge in [-0.3, -0.25) is 4.79 Å². The Hall–Kier alpha value is -2.38. The third kappa shape index (κ3) is 4.53. The maximum absolute atomic E-state index is 13.7. The number of fused-ring (bicyclic) bond motifs is 1. The number of ether oxygens (including phenoxy) is 2. The highest BCUT2D eigenvalue weighted by atomic mass is 32.2. The van der Waals surface area contributed by atoms with Gasteiger partial charge in [0, 0.05) is 18.7 Å². The molecule has 7 heteroatoms. The molecular weight excluding hydrogens is 438 g/mol. The van der Waals surface area contributed by atoms with E-state index in [1.807, 2.05) is 39.8 Å². The van der Waals surface area contributed by atoms with Crippen molar-refractivity contribution < 1.29 is 22.7 Å². The van der Waals surface area contributed by atoms with Crippen molar-refractivity contribution in [2.75, 3.05) is 13.1 Å². The van der Waals surface area contributed by atoms with Gasteiger partial charge in [0.15, 0.2) is 9.84 Å². The molecule has 1 amide bonds. The normalized spacial score (nSPS) is 21.3. The van der Waals surface area contributed by atoms with E-state index in [2.05, 4.69) is 0 Å². The summed E-state index contributed by atoms with van der Waals surface area (Å²) < 4.78 is 38.3. The van der Waals surface area contributed by atoms with Crippen LogP contribution >= 0.6 is 0 Å². The summed E-state index contributed by atoms with van der Waals surface area (Å²) in [5, 5.41) is 0. The van der Waals surface area contributed by atoms with Crippen molar-refractivity contribution in [3.05, 3.63) is 59.7 Å². The van der Waals surface area contributed by atoms with Crippen LogP contribution in [0.5, 0.6) is 5.75 Å². The molecule has 0 aromatic heterocycles. The molecule has 1 fully saturated rings. The molecular formula is C26H33NO5S. The van der Waals surface area contributed by atoms with E-state index in [9.17, 15) is 13.2 Å². The number of likely N-dealkylation sites (tertiary alicyclic amines) is 1. The Morgan fingerprint density at radius 2 is 1.61 bits per heavy atom. The summed E-state index contributed by atoms with van der Waals surface area (Å²) in [6.07, 6.45) is 1.03. The van der Waals surface area contributed by atoms with Crippen molar-refractivity contribution in [3.8, 4) is 5.75 Å². The first-order chi connectivity index (χ1) is 15.6. The molecule has 0 aliphatic carbocycles. The van der Waals surface area contributed by atoms with E-state index in [4.69, 9.17) is 9.47 Å². The minimum Gasteiger partial charge on any atom is -0.491 e. The monoisotopic (exact) mass is 471 g/mol. The second-order valence-corrected chi connectivity index (χ2v) is 11.9. The summed E-state index contributed by atoms with van der Waals surface area (Å²) in [7, 11) is -3.54. The fourth-order valence-electron chi connectivity index (χ4n) is 4.95. The maximum atomic E-state index is 13.7. The Kier molecular flexibility index (Phi) is 6.56. The largest absolute Gasteiger partial charge is 0.491 e. The minimum atomic E-state index is -3.54. The molecule has 178 valence electrons. The van der Waals surface area contributed by atoms with Gasteiger partial charge in [-0.2, -0.15) is 0 Å². The summed E-state index contributed by atoms with van der Waals surface area (Å²) >= 11 is 0. The van der Waals surface area contributed by atoms with E-state index < -0.39 is 14.6 Å². The third-order valence-corrected chi connectivity index (χ3v) is 9.22. The highest BCUT2D eigenvalue weighted by molar-refractivity contribution is 7.93. The molecule has 6 nitrogen and oxygen atoms in total. The summed E-state index contributed by atoms with van der Waals surface area (Å²) in [5.41, 5.74) is 1.33. The molecule has 4 rings (SSSR count). The van der Waals surface area contributed by atoms with Crippen molar-refractivity contribution in [2.45, 2.75) is 74.9 Å². The first kappa shape index (κ1) is 23.8. The fraction of sp³-hybridized carbons (Fsp3) is 0.500. The van der Waals surface area contributed by atoms with E-state index in [1.54, 1.807) is 41.3 Å². The standard InChI is InChI=1S/C26H33NO5S/c1-18(2)31-21-11-9-20(10-12-21)25(28)27-15-13-26(14-16-27)17-23(32-19(3)4)22-7-5-6-8-24(22)33(26,29)30/h5-12,18-19,23H,13-17H2,1-4H3. The van der Waals surface area contributed by atoms with E-state index in [-0.39, 0.29) is 24.2 Å². The van der Waals surface area contributed by atoms with Gasteiger partial charge < -0.3 is 14.4 Å². The summed E-state index contributed by atoms with van der Waals surface area (Å²) in [4.78, 5) is 15.2. The van der Waals surface area contributed by atoms with Crippen LogP contribution in [0.1, 0.15) is 69.0 Å². The van der Waals surface area contributed by atoms with Crippen LogP contribution in [0.4, 0.5) is 0 Å². The molecule has 2 aliphatic rings. The third-order valence-electron chi connectivity index (χ3n) is 6.55. The first-order valence-electron chi connectivity index (χ1n) is 11.7. The van der Waals surface area contributed by atoms with Crippen molar-refractivity contribution in [1.82, 2.24) is 4.90 Å². The van der Waals surface area contributed by atoms with Gasteiger partial charge in [-0.25, -0.2) is 8.42 Å². The Bertz CT molecular complexity index is 1100. The lowest BCUT2D eigenvalue weighted by Gasteiger charge is -2.46. The van der Waals surface area contributed by atoms with Crippen molar-refractivity contribution >= 4 is 15.7 Å². The molecule has 2 aromatic carbocycles. The Balaban J connectivity index is 1.53. The number of hydrogen-bond acceptors (Lipinski definition) is 5. The second kappa shape index (κ2) is 9.11. The van der Waals surface area contributed by atoms with Crippen molar-refractivity contribution in [1.29, 1.82) is 0 Å². The summed E-state index contributed by atoms with van der Waals surface area (Å²) in [6, 6.07) is 14.3. The Morgan fingerprint density at radius 1 is 0.970 bits per heavy atom. The molecule has 33 heavy (non-hydrogen) atoms. The zero-order valence-corrected chi connectivity index (χ0v) is 20.6. The van der Waals surface area contributed by atoms with E-state index in [0.717, 1.165) is 11.3 Å².